The van der Waals surface area contributed by atoms with Gasteiger partial charge in [-0.25, -0.2) is 0 Å². The molecule has 1 fully saturated rings. The van der Waals surface area contributed by atoms with Crippen LogP contribution >= 0.6 is 17.0 Å². The smallest absolute Gasteiger partial charge is 0.157 e. The van der Waals surface area contributed by atoms with Gasteiger partial charge in [-0.1, -0.05) is 0 Å². The Hall–Kier alpha value is -0.820. The fourth-order valence-corrected chi connectivity index (χ4v) is 3.77. The van der Waals surface area contributed by atoms with Crippen molar-refractivity contribution in [2.24, 2.45) is 0 Å². The molecule has 1 aliphatic carbocycles. The van der Waals surface area contributed by atoms with Crippen LogP contribution in [-0.4, -0.2) is 71.0 Å². The fraction of sp³-hybridized carbons (Fsp3) is 0.647. The predicted molar refractivity (Wildman–Crippen MR) is 95.7 cm³/mol. The number of aryl methyl sites for hydroxylation is 1. The molecule has 0 spiro atoms. The van der Waals surface area contributed by atoms with Crippen molar-refractivity contribution in [3.63, 3.8) is 0 Å². The zero-order valence-electron chi connectivity index (χ0n) is 13.4. The fourth-order valence-electron chi connectivity index (χ4n) is 3.77. The number of β-amino-alcohol motifs (C(OH)–C–C–N with tert-alkyl or cyclic N) is 1. The van der Waals surface area contributed by atoms with E-state index in [0.717, 1.165) is 58.5 Å². The number of hydrogen-bond donors (Lipinski definition) is 3. The number of aromatic hydroxyl groups is 2. The number of benzene rings is 1. The third-order valence-corrected chi connectivity index (χ3v) is 5.03. The zero-order valence-corrected chi connectivity index (χ0v) is 15.2. The third kappa shape index (κ3) is 4.38. The van der Waals surface area contributed by atoms with Gasteiger partial charge in [0.2, 0.25) is 0 Å². The number of nitrogens with zero attached hydrogens (tertiary/aromatic N) is 2. The molecule has 3 rings (SSSR count). The number of phenolic OH excluding ortho intramolecular Hbond substituents is 2. The predicted octanol–water partition coefficient (Wildman–Crippen LogP) is 1.71. The van der Waals surface area contributed by atoms with E-state index in [-0.39, 0.29) is 35.1 Å². The molecule has 5 nitrogen and oxygen atoms in total. The number of aliphatic hydroxyl groups excluding tert-OH is 1. The van der Waals surface area contributed by atoms with E-state index in [1.807, 2.05) is 0 Å². The Morgan fingerprint density at radius 2 is 1.65 bits per heavy atom. The maximum atomic E-state index is 9.80. The van der Waals surface area contributed by atoms with Gasteiger partial charge in [0, 0.05) is 39.3 Å². The highest BCUT2D eigenvalue weighted by Crippen LogP contribution is 2.38. The first kappa shape index (κ1) is 18.5. The van der Waals surface area contributed by atoms with Crippen LogP contribution in [0.15, 0.2) is 12.1 Å². The summed E-state index contributed by atoms with van der Waals surface area (Å²) in [4.78, 5) is 4.78. The van der Waals surface area contributed by atoms with Crippen LogP contribution in [0.2, 0.25) is 0 Å². The number of fused-ring (bicyclic) bond motifs is 1. The molecule has 130 valence electrons. The van der Waals surface area contributed by atoms with Crippen LogP contribution < -0.4 is 0 Å². The van der Waals surface area contributed by atoms with Gasteiger partial charge in [-0.15, -0.1) is 17.0 Å². The van der Waals surface area contributed by atoms with E-state index in [0.29, 0.717) is 5.92 Å². The van der Waals surface area contributed by atoms with Gasteiger partial charge in [0.1, 0.15) is 0 Å². The highest BCUT2D eigenvalue weighted by Gasteiger charge is 2.25. The van der Waals surface area contributed by atoms with Crippen molar-refractivity contribution in [1.29, 1.82) is 0 Å². The monoisotopic (exact) mass is 386 g/mol. The van der Waals surface area contributed by atoms with E-state index in [9.17, 15) is 10.2 Å². The Balaban J connectivity index is 0.00000192. The number of aliphatic hydroxyl groups is 1. The molecule has 0 amide bonds. The molecule has 23 heavy (non-hydrogen) atoms. The second-order valence-electron chi connectivity index (χ2n) is 6.49. The standard InChI is InChI=1S/C17H26N2O3.BrH/c20-9-8-18-4-6-19(7-5-18)12-14-3-1-2-13-10-16(21)17(22)11-15(13)14;/h10-11,14,20-22H,1-9,12H2;1H. The molecule has 0 radical (unpaired) electrons. The SMILES string of the molecule is Br.OCCN1CCN(CC2CCCc3cc(O)c(O)cc32)CC1. The minimum Gasteiger partial charge on any atom is -0.504 e. The Morgan fingerprint density at radius 3 is 2.35 bits per heavy atom. The van der Waals surface area contributed by atoms with Crippen LogP contribution in [0.4, 0.5) is 0 Å². The third-order valence-electron chi connectivity index (χ3n) is 5.03. The second-order valence-corrected chi connectivity index (χ2v) is 6.49. The van der Waals surface area contributed by atoms with E-state index in [4.69, 9.17) is 5.11 Å². The molecule has 2 aliphatic rings. The largest absolute Gasteiger partial charge is 0.504 e. The number of phenols is 2. The molecule has 1 aromatic carbocycles. The second kappa shape index (κ2) is 8.33. The van der Waals surface area contributed by atoms with E-state index < -0.39 is 0 Å². The van der Waals surface area contributed by atoms with Crippen molar-refractivity contribution in [1.82, 2.24) is 9.80 Å². The number of piperazine rings is 1. The Labute approximate surface area is 148 Å². The summed E-state index contributed by atoms with van der Waals surface area (Å²) >= 11 is 0. The molecule has 1 unspecified atom stereocenters. The van der Waals surface area contributed by atoms with Crippen LogP contribution in [0.5, 0.6) is 11.5 Å². The minimum absolute atomic E-state index is 0. The topological polar surface area (TPSA) is 67.2 Å². The van der Waals surface area contributed by atoms with E-state index >= 15 is 0 Å². The molecule has 0 bridgehead atoms. The molecule has 0 saturated carbocycles. The summed E-state index contributed by atoms with van der Waals surface area (Å²) in [7, 11) is 0. The first-order chi connectivity index (χ1) is 10.7. The van der Waals surface area contributed by atoms with Crippen molar-refractivity contribution in [3.8, 4) is 11.5 Å². The molecular formula is C17H27BrN2O3. The number of halogens is 1. The summed E-state index contributed by atoms with van der Waals surface area (Å²) in [6.07, 6.45) is 3.28. The van der Waals surface area contributed by atoms with E-state index in [1.165, 1.54) is 11.1 Å². The molecular weight excluding hydrogens is 360 g/mol. The van der Waals surface area contributed by atoms with Crippen molar-refractivity contribution in [2.75, 3.05) is 45.9 Å². The van der Waals surface area contributed by atoms with Crippen molar-refractivity contribution < 1.29 is 15.3 Å². The molecule has 1 atom stereocenters. The van der Waals surface area contributed by atoms with Gasteiger partial charge in [-0.05, 0) is 48.4 Å². The lowest BCUT2D eigenvalue weighted by atomic mass is 9.82. The van der Waals surface area contributed by atoms with Gasteiger partial charge >= 0.3 is 0 Å². The van der Waals surface area contributed by atoms with E-state index in [2.05, 4.69) is 9.80 Å². The summed E-state index contributed by atoms with van der Waals surface area (Å²) in [5.41, 5.74) is 2.39. The molecule has 1 saturated heterocycles. The Bertz CT molecular complexity index is 519. The normalized spacial score (nSPS) is 22.4. The Kier molecular flexibility index (Phi) is 6.71. The average molecular weight is 387 g/mol. The van der Waals surface area contributed by atoms with Crippen molar-refractivity contribution in [2.45, 2.75) is 25.2 Å². The summed E-state index contributed by atoms with van der Waals surface area (Å²) < 4.78 is 0. The van der Waals surface area contributed by atoms with Crippen LogP contribution in [0.3, 0.4) is 0 Å². The number of rotatable bonds is 4. The van der Waals surface area contributed by atoms with Gasteiger partial charge in [-0.2, -0.15) is 0 Å². The number of hydrogen-bond acceptors (Lipinski definition) is 5. The van der Waals surface area contributed by atoms with Gasteiger partial charge in [0.25, 0.3) is 0 Å². The maximum absolute atomic E-state index is 9.80. The lowest BCUT2D eigenvalue weighted by Crippen LogP contribution is -2.48. The van der Waals surface area contributed by atoms with Gasteiger partial charge in [-0.3, -0.25) is 4.90 Å². The molecule has 1 heterocycles. The van der Waals surface area contributed by atoms with Gasteiger partial charge < -0.3 is 20.2 Å². The summed E-state index contributed by atoms with van der Waals surface area (Å²) in [6.45, 7) is 6.13. The van der Waals surface area contributed by atoms with Crippen LogP contribution in [0.25, 0.3) is 0 Å². The van der Waals surface area contributed by atoms with Crippen molar-refractivity contribution >= 4 is 17.0 Å². The zero-order chi connectivity index (χ0) is 15.5. The lowest BCUT2D eigenvalue weighted by Gasteiger charge is -2.37. The first-order valence-corrected chi connectivity index (χ1v) is 8.27. The van der Waals surface area contributed by atoms with Crippen molar-refractivity contribution in [3.05, 3.63) is 23.3 Å². The average Bonchev–Trinajstić information content (AvgIpc) is 2.51. The summed E-state index contributed by atoms with van der Waals surface area (Å²) in [5, 5.41) is 28.5. The lowest BCUT2D eigenvalue weighted by molar-refractivity contribution is 0.107. The van der Waals surface area contributed by atoms with Gasteiger partial charge in [0.05, 0.1) is 6.61 Å². The highest BCUT2D eigenvalue weighted by molar-refractivity contribution is 8.93. The minimum atomic E-state index is -0.00276. The van der Waals surface area contributed by atoms with Crippen LogP contribution in [0.1, 0.15) is 29.9 Å². The van der Waals surface area contributed by atoms with Crippen LogP contribution in [0, 0.1) is 0 Å². The molecule has 6 heteroatoms. The highest BCUT2D eigenvalue weighted by atomic mass is 79.9. The first-order valence-electron chi connectivity index (χ1n) is 8.27. The molecule has 1 aromatic rings. The molecule has 3 N–H and O–H groups in total. The maximum Gasteiger partial charge on any atom is 0.157 e. The quantitative estimate of drug-likeness (QED) is 0.687. The molecule has 0 aromatic heterocycles. The molecule has 1 aliphatic heterocycles. The summed E-state index contributed by atoms with van der Waals surface area (Å²) in [6, 6.07) is 3.49. The summed E-state index contributed by atoms with van der Waals surface area (Å²) in [5.74, 6) is 0.440. The Morgan fingerprint density at radius 1 is 1.00 bits per heavy atom. The van der Waals surface area contributed by atoms with Crippen LogP contribution in [-0.2, 0) is 6.42 Å². The van der Waals surface area contributed by atoms with Gasteiger partial charge in [0.15, 0.2) is 11.5 Å². The van der Waals surface area contributed by atoms with E-state index in [1.54, 1.807) is 12.1 Å².